The maximum atomic E-state index is 4.38. The summed E-state index contributed by atoms with van der Waals surface area (Å²) in [5, 5.41) is 10.9. The van der Waals surface area contributed by atoms with E-state index in [1.54, 1.807) is 6.20 Å². The molecule has 1 N–H and O–H groups in total. The predicted octanol–water partition coefficient (Wildman–Crippen LogP) is 2.20. The quantitative estimate of drug-likeness (QED) is 0.832. The lowest BCUT2D eigenvalue weighted by atomic mass is 10.1. The molecule has 2 aromatic rings. The first-order chi connectivity index (χ1) is 7.70. The minimum Gasteiger partial charge on any atom is -0.372 e. The van der Waals surface area contributed by atoms with E-state index in [1.807, 2.05) is 14.0 Å². The Morgan fingerprint density at radius 3 is 2.75 bits per heavy atom. The van der Waals surface area contributed by atoms with Crippen molar-refractivity contribution in [1.82, 2.24) is 15.2 Å². The standard InChI is InChI=1S/C12H14N4/c1-8-4-5-9(2)10(6-8)12-15-11(13-3)7-14-16-12/h4-7H,1-3H3,(H,13,15,16). The molecule has 1 heterocycles. The van der Waals surface area contributed by atoms with Crippen molar-refractivity contribution >= 4 is 5.82 Å². The lowest BCUT2D eigenvalue weighted by Gasteiger charge is -2.06. The van der Waals surface area contributed by atoms with E-state index in [1.165, 1.54) is 5.56 Å². The molecule has 2 rings (SSSR count). The topological polar surface area (TPSA) is 50.7 Å². The second kappa shape index (κ2) is 4.26. The molecule has 0 amide bonds. The lowest BCUT2D eigenvalue weighted by molar-refractivity contribution is 0.978. The van der Waals surface area contributed by atoms with Gasteiger partial charge in [-0.1, -0.05) is 17.7 Å². The van der Waals surface area contributed by atoms with Gasteiger partial charge in [-0.05, 0) is 25.5 Å². The van der Waals surface area contributed by atoms with Gasteiger partial charge in [0.1, 0.15) is 5.82 Å². The molecule has 1 aromatic carbocycles. The Bertz CT molecular complexity index is 508. The molecule has 0 bridgehead atoms. The molecule has 0 radical (unpaired) electrons. The highest BCUT2D eigenvalue weighted by Gasteiger charge is 2.06. The Morgan fingerprint density at radius 1 is 1.19 bits per heavy atom. The Hall–Kier alpha value is -1.97. The fourth-order valence-electron chi connectivity index (χ4n) is 1.51. The molecule has 0 aliphatic rings. The summed E-state index contributed by atoms with van der Waals surface area (Å²) in [5.74, 6) is 1.39. The van der Waals surface area contributed by atoms with E-state index in [2.05, 4.69) is 45.6 Å². The van der Waals surface area contributed by atoms with Crippen LogP contribution in [0.5, 0.6) is 0 Å². The van der Waals surface area contributed by atoms with E-state index in [-0.39, 0.29) is 0 Å². The molecule has 0 saturated carbocycles. The molecule has 82 valence electrons. The summed E-state index contributed by atoms with van der Waals surface area (Å²) in [6, 6.07) is 6.22. The van der Waals surface area contributed by atoms with Crippen molar-refractivity contribution in [2.45, 2.75) is 13.8 Å². The van der Waals surface area contributed by atoms with Gasteiger partial charge in [-0.25, -0.2) is 4.98 Å². The van der Waals surface area contributed by atoms with Crippen LogP contribution < -0.4 is 5.32 Å². The van der Waals surface area contributed by atoms with E-state index in [4.69, 9.17) is 0 Å². The van der Waals surface area contributed by atoms with Gasteiger partial charge < -0.3 is 5.32 Å². The van der Waals surface area contributed by atoms with E-state index in [0.717, 1.165) is 16.9 Å². The van der Waals surface area contributed by atoms with Gasteiger partial charge in [-0.2, -0.15) is 5.10 Å². The van der Waals surface area contributed by atoms with Gasteiger partial charge in [0, 0.05) is 12.6 Å². The van der Waals surface area contributed by atoms with Crippen molar-refractivity contribution in [2.75, 3.05) is 12.4 Å². The third kappa shape index (κ3) is 2.00. The average Bonchev–Trinajstić information content (AvgIpc) is 2.32. The fraction of sp³-hybridized carbons (Fsp3) is 0.250. The molecule has 0 spiro atoms. The van der Waals surface area contributed by atoms with Crippen LogP contribution in [0.25, 0.3) is 11.4 Å². The monoisotopic (exact) mass is 214 g/mol. The molecular weight excluding hydrogens is 200 g/mol. The Labute approximate surface area is 94.8 Å². The summed E-state index contributed by atoms with van der Waals surface area (Å²) in [6.45, 7) is 4.10. The van der Waals surface area contributed by atoms with Crippen molar-refractivity contribution in [3.63, 3.8) is 0 Å². The van der Waals surface area contributed by atoms with E-state index in [0.29, 0.717) is 5.82 Å². The Balaban J connectivity index is 2.53. The van der Waals surface area contributed by atoms with Crippen LogP contribution in [-0.4, -0.2) is 22.2 Å². The highest BCUT2D eigenvalue weighted by Crippen LogP contribution is 2.21. The summed E-state index contributed by atoms with van der Waals surface area (Å²) >= 11 is 0. The molecule has 0 fully saturated rings. The van der Waals surface area contributed by atoms with Gasteiger partial charge >= 0.3 is 0 Å². The minimum absolute atomic E-state index is 0.660. The zero-order valence-electron chi connectivity index (χ0n) is 9.65. The Kier molecular flexibility index (Phi) is 2.81. The zero-order chi connectivity index (χ0) is 11.5. The number of hydrogen-bond donors (Lipinski definition) is 1. The highest BCUT2D eigenvalue weighted by molar-refractivity contribution is 5.61. The molecule has 0 aliphatic heterocycles. The van der Waals surface area contributed by atoms with Gasteiger partial charge in [0.15, 0.2) is 5.82 Å². The zero-order valence-corrected chi connectivity index (χ0v) is 9.65. The number of aromatic nitrogens is 3. The van der Waals surface area contributed by atoms with E-state index in [9.17, 15) is 0 Å². The number of benzene rings is 1. The molecule has 16 heavy (non-hydrogen) atoms. The van der Waals surface area contributed by atoms with Crippen LogP contribution in [0.4, 0.5) is 5.82 Å². The SMILES string of the molecule is CNc1cnnc(-c2cc(C)ccc2C)n1. The Morgan fingerprint density at radius 2 is 2.00 bits per heavy atom. The number of nitrogens with one attached hydrogen (secondary N) is 1. The van der Waals surface area contributed by atoms with Gasteiger partial charge in [0.2, 0.25) is 0 Å². The lowest BCUT2D eigenvalue weighted by Crippen LogP contribution is -1.99. The smallest absolute Gasteiger partial charge is 0.184 e. The fourth-order valence-corrected chi connectivity index (χ4v) is 1.51. The largest absolute Gasteiger partial charge is 0.372 e. The van der Waals surface area contributed by atoms with Gasteiger partial charge in [0.25, 0.3) is 0 Å². The maximum Gasteiger partial charge on any atom is 0.184 e. The molecule has 4 nitrogen and oxygen atoms in total. The normalized spacial score (nSPS) is 10.2. The molecule has 0 unspecified atom stereocenters. The maximum absolute atomic E-state index is 4.38. The third-order valence-corrected chi connectivity index (χ3v) is 2.45. The van der Waals surface area contributed by atoms with Crippen molar-refractivity contribution in [3.8, 4) is 11.4 Å². The minimum atomic E-state index is 0.660. The molecule has 0 saturated heterocycles. The first kappa shape index (κ1) is 10.5. The molecule has 0 aliphatic carbocycles. The van der Waals surface area contributed by atoms with Gasteiger partial charge in [0.05, 0.1) is 6.20 Å². The summed E-state index contributed by atoms with van der Waals surface area (Å²) in [5.41, 5.74) is 3.38. The predicted molar refractivity (Wildman–Crippen MR) is 64.3 cm³/mol. The summed E-state index contributed by atoms with van der Waals surface area (Å²) in [6.07, 6.45) is 1.61. The second-order valence-electron chi connectivity index (χ2n) is 3.73. The molecule has 0 atom stereocenters. The van der Waals surface area contributed by atoms with Crippen LogP contribution in [0.2, 0.25) is 0 Å². The number of nitrogens with zero attached hydrogens (tertiary/aromatic N) is 3. The van der Waals surface area contributed by atoms with Crippen molar-refractivity contribution in [1.29, 1.82) is 0 Å². The molecule has 4 heteroatoms. The number of hydrogen-bond acceptors (Lipinski definition) is 4. The van der Waals surface area contributed by atoms with Crippen molar-refractivity contribution in [3.05, 3.63) is 35.5 Å². The van der Waals surface area contributed by atoms with E-state index >= 15 is 0 Å². The number of rotatable bonds is 2. The third-order valence-electron chi connectivity index (χ3n) is 2.45. The average molecular weight is 214 g/mol. The summed E-state index contributed by atoms with van der Waals surface area (Å²) in [7, 11) is 1.82. The molecule has 1 aromatic heterocycles. The highest BCUT2D eigenvalue weighted by atomic mass is 15.2. The second-order valence-corrected chi connectivity index (χ2v) is 3.73. The first-order valence-electron chi connectivity index (χ1n) is 5.16. The van der Waals surface area contributed by atoms with Crippen LogP contribution in [0.1, 0.15) is 11.1 Å². The number of aryl methyl sites for hydroxylation is 2. The van der Waals surface area contributed by atoms with E-state index < -0.39 is 0 Å². The van der Waals surface area contributed by atoms with Crippen LogP contribution in [0.3, 0.4) is 0 Å². The van der Waals surface area contributed by atoms with Crippen LogP contribution >= 0.6 is 0 Å². The van der Waals surface area contributed by atoms with Crippen LogP contribution in [-0.2, 0) is 0 Å². The van der Waals surface area contributed by atoms with Crippen molar-refractivity contribution in [2.24, 2.45) is 0 Å². The number of anilines is 1. The summed E-state index contributed by atoms with van der Waals surface area (Å²) in [4.78, 5) is 4.38. The summed E-state index contributed by atoms with van der Waals surface area (Å²) < 4.78 is 0. The van der Waals surface area contributed by atoms with Crippen molar-refractivity contribution < 1.29 is 0 Å². The van der Waals surface area contributed by atoms with Crippen LogP contribution in [0.15, 0.2) is 24.4 Å². The van der Waals surface area contributed by atoms with Gasteiger partial charge in [-0.15, -0.1) is 5.10 Å². The van der Waals surface area contributed by atoms with Gasteiger partial charge in [-0.3, -0.25) is 0 Å². The van der Waals surface area contributed by atoms with Crippen LogP contribution in [0, 0.1) is 13.8 Å². The first-order valence-corrected chi connectivity index (χ1v) is 5.16. The molecular formula is C12H14N4.